The van der Waals surface area contributed by atoms with Crippen LogP contribution in [0, 0.1) is 10.1 Å². The Bertz CT molecular complexity index is 1230. The predicted molar refractivity (Wildman–Crippen MR) is 105 cm³/mol. The van der Waals surface area contributed by atoms with Gasteiger partial charge in [-0.05, 0) is 30.3 Å². The van der Waals surface area contributed by atoms with Crippen molar-refractivity contribution < 1.29 is 14.1 Å². The number of carbonyl (C=O) groups is 1. The highest BCUT2D eigenvalue weighted by Gasteiger charge is 2.14. The standard InChI is InChI=1S/C20H13N5O4/c26-20(24-22-12-14-5-6-19(29-14)25(27)28)16-11-18(13-7-9-21-10-8-13)23-17-4-2-1-3-15(16)17/h1-12H,(H,24,26)/b22-12-. The average molecular weight is 387 g/mol. The molecule has 4 rings (SSSR count). The van der Waals surface area contributed by atoms with E-state index in [1.807, 2.05) is 18.2 Å². The number of nitro groups is 1. The molecule has 0 aliphatic heterocycles. The number of fused-ring (bicyclic) bond motifs is 1. The lowest BCUT2D eigenvalue weighted by molar-refractivity contribution is -0.402. The van der Waals surface area contributed by atoms with Gasteiger partial charge in [-0.1, -0.05) is 18.2 Å². The third-order valence-electron chi connectivity index (χ3n) is 4.09. The van der Waals surface area contributed by atoms with E-state index in [-0.39, 0.29) is 5.76 Å². The number of hydrazone groups is 1. The SMILES string of the molecule is O=C(N/N=C\c1ccc([N+](=O)[O-])o1)c1cc(-c2ccncc2)nc2ccccc12. The molecule has 1 N–H and O–H groups in total. The molecule has 0 saturated carbocycles. The van der Waals surface area contributed by atoms with E-state index in [1.165, 1.54) is 18.3 Å². The van der Waals surface area contributed by atoms with Crippen molar-refractivity contribution in [2.45, 2.75) is 0 Å². The summed E-state index contributed by atoms with van der Waals surface area (Å²) in [5.74, 6) is -0.704. The summed E-state index contributed by atoms with van der Waals surface area (Å²) in [5.41, 5.74) is 4.93. The van der Waals surface area contributed by atoms with Gasteiger partial charge >= 0.3 is 5.88 Å². The Hall–Kier alpha value is -4.40. The zero-order chi connectivity index (χ0) is 20.2. The van der Waals surface area contributed by atoms with Crippen LogP contribution in [-0.4, -0.2) is 27.0 Å². The monoisotopic (exact) mass is 387 g/mol. The Morgan fingerprint density at radius 1 is 1.14 bits per heavy atom. The van der Waals surface area contributed by atoms with E-state index in [4.69, 9.17) is 4.42 Å². The van der Waals surface area contributed by atoms with Gasteiger partial charge in [0.2, 0.25) is 0 Å². The van der Waals surface area contributed by atoms with Crippen LogP contribution >= 0.6 is 0 Å². The first-order chi connectivity index (χ1) is 14.1. The molecule has 142 valence electrons. The van der Waals surface area contributed by atoms with Crippen LogP contribution in [0.5, 0.6) is 0 Å². The van der Waals surface area contributed by atoms with Gasteiger partial charge in [0, 0.05) is 23.3 Å². The van der Waals surface area contributed by atoms with E-state index < -0.39 is 16.7 Å². The Morgan fingerprint density at radius 2 is 1.93 bits per heavy atom. The normalized spacial score (nSPS) is 11.0. The zero-order valence-corrected chi connectivity index (χ0v) is 14.9. The molecule has 0 bridgehead atoms. The summed E-state index contributed by atoms with van der Waals surface area (Å²) in [4.78, 5) is 31.3. The fraction of sp³-hybridized carbons (Fsp3) is 0. The molecule has 9 nitrogen and oxygen atoms in total. The molecule has 4 aromatic rings. The quantitative estimate of drug-likeness (QED) is 0.317. The summed E-state index contributed by atoms with van der Waals surface area (Å²) in [6.45, 7) is 0. The van der Waals surface area contributed by atoms with Gasteiger partial charge in [0.05, 0.1) is 29.1 Å². The first-order valence-electron chi connectivity index (χ1n) is 8.49. The second-order valence-electron chi connectivity index (χ2n) is 5.94. The molecule has 9 heteroatoms. The Morgan fingerprint density at radius 3 is 2.69 bits per heavy atom. The van der Waals surface area contributed by atoms with Crippen molar-refractivity contribution in [2.24, 2.45) is 5.10 Å². The number of hydrogen-bond donors (Lipinski definition) is 1. The Balaban J connectivity index is 1.64. The zero-order valence-electron chi connectivity index (χ0n) is 14.9. The highest BCUT2D eigenvalue weighted by Crippen LogP contribution is 2.24. The molecule has 3 heterocycles. The lowest BCUT2D eigenvalue weighted by Crippen LogP contribution is -2.18. The van der Waals surface area contributed by atoms with Gasteiger partial charge in [0.15, 0.2) is 5.76 Å². The van der Waals surface area contributed by atoms with Crippen molar-refractivity contribution in [3.63, 3.8) is 0 Å². The molecule has 0 atom stereocenters. The number of nitrogens with one attached hydrogen (secondary N) is 1. The summed E-state index contributed by atoms with van der Waals surface area (Å²) in [5, 5.41) is 15.1. The van der Waals surface area contributed by atoms with Gasteiger partial charge in [-0.25, -0.2) is 10.4 Å². The predicted octanol–water partition coefficient (Wildman–Crippen LogP) is 3.56. The maximum Gasteiger partial charge on any atom is 0.433 e. The minimum Gasteiger partial charge on any atom is -0.400 e. The Kier molecular flexibility index (Phi) is 4.77. The van der Waals surface area contributed by atoms with Gasteiger partial charge < -0.3 is 4.42 Å². The second-order valence-corrected chi connectivity index (χ2v) is 5.94. The molecule has 0 aliphatic rings. The molecule has 1 aromatic carbocycles. The van der Waals surface area contributed by atoms with Crippen LogP contribution in [0.15, 0.2) is 76.5 Å². The first-order valence-corrected chi connectivity index (χ1v) is 8.49. The third-order valence-corrected chi connectivity index (χ3v) is 4.09. The van der Waals surface area contributed by atoms with Gasteiger partial charge in [0.25, 0.3) is 5.91 Å². The van der Waals surface area contributed by atoms with E-state index >= 15 is 0 Å². The van der Waals surface area contributed by atoms with Crippen molar-refractivity contribution in [1.82, 2.24) is 15.4 Å². The number of furan rings is 1. The number of hydrogen-bond acceptors (Lipinski definition) is 7. The highest BCUT2D eigenvalue weighted by molar-refractivity contribution is 6.07. The molecule has 1 amide bonds. The minimum absolute atomic E-state index is 0.147. The molecular weight excluding hydrogens is 374 g/mol. The van der Waals surface area contributed by atoms with Crippen molar-refractivity contribution in [3.05, 3.63) is 88.4 Å². The fourth-order valence-corrected chi connectivity index (χ4v) is 2.76. The lowest BCUT2D eigenvalue weighted by atomic mass is 10.0. The summed E-state index contributed by atoms with van der Waals surface area (Å²) < 4.78 is 4.96. The number of benzene rings is 1. The van der Waals surface area contributed by atoms with Gasteiger partial charge in [-0.15, -0.1) is 0 Å². The molecule has 0 aliphatic carbocycles. The van der Waals surface area contributed by atoms with E-state index in [1.54, 1.807) is 36.7 Å². The third kappa shape index (κ3) is 3.83. The number of aromatic nitrogens is 2. The van der Waals surface area contributed by atoms with E-state index in [9.17, 15) is 14.9 Å². The molecule has 0 spiro atoms. The smallest absolute Gasteiger partial charge is 0.400 e. The average Bonchev–Trinajstić information content (AvgIpc) is 3.23. The molecule has 0 radical (unpaired) electrons. The lowest BCUT2D eigenvalue weighted by Gasteiger charge is -2.08. The topological polar surface area (TPSA) is 124 Å². The van der Waals surface area contributed by atoms with Gasteiger partial charge in [-0.3, -0.25) is 19.9 Å². The van der Waals surface area contributed by atoms with Crippen molar-refractivity contribution in [2.75, 3.05) is 0 Å². The van der Waals surface area contributed by atoms with Crippen LogP contribution < -0.4 is 5.43 Å². The molecule has 3 aromatic heterocycles. The summed E-state index contributed by atoms with van der Waals surface area (Å²) in [7, 11) is 0. The van der Waals surface area contributed by atoms with E-state index in [2.05, 4.69) is 20.5 Å². The summed E-state index contributed by atoms with van der Waals surface area (Å²) in [6.07, 6.45) is 4.50. The molecule has 0 saturated heterocycles. The van der Waals surface area contributed by atoms with Crippen LogP contribution in [0.4, 0.5) is 5.88 Å². The summed E-state index contributed by atoms with van der Waals surface area (Å²) in [6, 6.07) is 15.2. The van der Waals surface area contributed by atoms with E-state index in [0.29, 0.717) is 22.2 Å². The number of pyridine rings is 2. The van der Waals surface area contributed by atoms with Crippen LogP contribution in [-0.2, 0) is 0 Å². The maximum atomic E-state index is 12.7. The van der Waals surface area contributed by atoms with Crippen LogP contribution in [0.2, 0.25) is 0 Å². The van der Waals surface area contributed by atoms with Crippen molar-refractivity contribution in [1.29, 1.82) is 0 Å². The van der Waals surface area contributed by atoms with Crippen molar-refractivity contribution >= 4 is 28.9 Å². The molecule has 0 unspecified atom stereocenters. The molecular formula is C20H13N5O4. The van der Waals surface area contributed by atoms with E-state index in [0.717, 1.165) is 5.56 Å². The first kappa shape index (κ1) is 18.0. The maximum absolute atomic E-state index is 12.7. The number of amides is 1. The fourth-order valence-electron chi connectivity index (χ4n) is 2.76. The number of rotatable bonds is 5. The Labute approximate surface area is 163 Å². The van der Waals surface area contributed by atoms with Gasteiger partial charge in [0.1, 0.15) is 4.92 Å². The second kappa shape index (κ2) is 7.69. The number of carbonyl (C=O) groups excluding carboxylic acids is 1. The van der Waals surface area contributed by atoms with Crippen LogP contribution in [0.1, 0.15) is 16.1 Å². The minimum atomic E-state index is -0.653. The van der Waals surface area contributed by atoms with Crippen LogP contribution in [0.25, 0.3) is 22.2 Å². The summed E-state index contributed by atoms with van der Waals surface area (Å²) >= 11 is 0. The number of para-hydroxylation sites is 1. The van der Waals surface area contributed by atoms with Crippen molar-refractivity contribution in [3.8, 4) is 11.3 Å². The molecule has 0 fully saturated rings. The molecule has 29 heavy (non-hydrogen) atoms. The van der Waals surface area contributed by atoms with Gasteiger partial charge in [-0.2, -0.15) is 5.10 Å². The number of nitrogens with zero attached hydrogens (tertiary/aromatic N) is 4. The largest absolute Gasteiger partial charge is 0.433 e. The van der Waals surface area contributed by atoms with Crippen LogP contribution in [0.3, 0.4) is 0 Å². The highest BCUT2D eigenvalue weighted by atomic mass is 16.6.